The van der Waals surface area contributed by atoms with Crippen molar-refractivity contribution in [1.29, 1.82) is 0 Å². The largest absolute Gasteiger partial charge is 0.384 e. The Bertz CT molecular complexity index is 622. The molecule has 0 atom stereocenters. The van der Waals surface area contributed by atoms with E-state index in [0.717, 1.165) is 12.2 Å². The molecule has 0 radical (unpaired) electrons. The minimum absolute atomic E-state index is 0.151. The molecule has 19 heavy (non-hydrogen) atoms. The third-order valence-corrected chi connectivity index (χ3v) is 2.91. The quantitative estimate of drug-likeness (QED) is 0.875. The molecule has 0 fully saturated rings. The van der Waals surface area contributed by atoms with Gasteiger partial charge in [0.05, 0.1) is 24.1 Å². The Balaban J connectivity index is 2.25. The van der Waals surface area contributed by atoms with Crippen molar-refractivity contribution in [2.75, 3.05) is 24.2 Å². The first kappa shape index (κ1) is 13.1. The predicted molar refractivity (Wildman–Crippen MR) is 75.2 cm³/mol. The highest BCUT2D eigenvalue weighted by atomic mass is 16.1. The molecule has 0 aliphatic heterocycles. The van der Waals surface area contributed by atoms with Crippen LogP contribution >= 0.6 is 0 Å². The van der Waals surface area contributed by atoms with Gasteiger partial charge in [-0.1, -0.05) is 6.07 Å². The summed E-state index contributed by atoms with van der Waals surface area (Å²) in [7, 11) is 1.92. The molecule has 2 aromatic rings. The van der Waals surface area contributed by atoms with Gasteiger partial charge in [0.2, 0.25) is 0 Å². The molecule has 0 aliphatic rings. The molecule has 2 N–H and O–H groups in total. The summed E-state index contributed by atoms with van der Waals surface area (Å²) in [5.74, 6) is 0.438. The summed E-state index contributed by atoms with van der Waals surface area (Å²) < 4.78 is 1.37. The van der Waals surface area contributed by atoms with Crippen molar-refractivity contribution in [1.82, 2.24) is 14.8 Å². The van der Waals surface area contributed by atoms with Crippen molar-refractivity contribution in [2.45, 2.75) is 13.5 Å². The van der Waals surface area contributed by atoms with Crippen molar-refractivity contribution < 1.29 is 0 Å². The van der Waals surface area contributed by atoms with Gasteiger partial charge in [0.25, 0.3) is 5.56 Å². The summed E-state index contributed by atoms with van der Waals surface area (Å²) in [6.45, 7) is 3.16. The first-order chi connectivity index (χ1) is 9.10. The smallest absolute Gasteiger partial charge is 0.269 e. The van der Waals surface area contributed by atoms with Gasteiger partial charge in [-0.3, -0.25) is 4.79 Å². The molecule has 0 saturated heterocycles. The molecule has 0 amide bonds. The second kappa shape index (κ2) is 5.51. The maximum atomic E-state index is 12.0. The highest BCUT2D eigenvalue weighted by Gasteiger charge is 2.04. The standard InChI is InChI=1S/C13H17N5O/c1-3-17(2)11-7-13(19)18(15-8-11)9-10-5-4-6-12(14)16-10/h4-8H,3,9H2,1-2H3,(H2,14,16). The molecule has 6 heteroatoms. The van der Waals surface area contributed by atoms with Crippen LogP contribution in [0.2, 0.25) is 0 Å². The first-order valence-electron chi connectivity index (χ1n) is 6.10. The van der Waals surface area contributed by atoms with Gasteiger partial charge >= 0.3 is 0 Å². The van der Waals surface area contributed by atoms with E-state index in [2.05, 4.69) is 10.1 Å². The molecule has 0 bridgehead atoms. The number of nitrogen functional groups attached to an aromatic ring is 1. The second-order valence-electron chi connectivity index (χ2n) is 4.28. The molecule has 2 heterocycles. The van der Waals surface area contributed by atoms with Gasteiger partial charge in [0.15, 0.2) is 0 Å². The van der Waals surface area contributed by atoms with Crippen LogP contribution in [0, 0.1) is 0 Å². The van der Waals surface area contributed by atoms with E-state index in [0.29, 0.717) is 18.1 Å². The van der Waals surface area contributed by atoms with E-state index in [1.54, 1.807) is 18.3 Å². The summed E-state index contributed by atoms with van der Waals surface area (Å²) >= 11 is 0. The minimum atomic E-state index is -0.151. The topological polar surface area (TPSA) is 77.0 Å². The Kier molecular flexibility index (Phi) is 3.79. The fourth-order valence-electron chi connectivity index (χ4n) is 1.67. The molecule has 0 aromatic carbocycles. The molecule has 0 saturated carbocycles. The number of hydrogen-bond acceptors (Lipinski definition) is 5. The van der Waals surface area contributed by atoms with E-state index in [-0.39, 0.29) is 5.56 Å². The number of anilines is 2. The van der Waals surface area contributed by atoms with Crippen LogP contribution < -0.4 is 16.2 Å². The van der Waals surface area contributed by atoms with Crippen LogP contribution in [0.5, 0.6) is 0 Å². The summed E-state index contributed by atoms with van der Waals surface area (Å²) in [4.78, 5) is 18.1. The van der Waals surface area contributed by atoms with E-state index in [1.165, 1.54) is 4.68 Å². The summed E-state index contributed by atoms with van der Waals surface area (Å²) in [6, 6.07) is 6.90. The molecule has 2 aromatic heterocycles. The van der Waals surface area contributed by atoms with Gasteiger partial charge in [-0.2, -0.15) is 5.10 Å². The van der Waals surface area contributed by atoms with Crippen LogP contribution in [-0.2, 0) is 6.54 Å². The van der Waals surface area contributed by atoms with Crippen LogP contribution in [0.25, 0.3) is 0 Å². The van der Waals surface area contributed by atoms with Gasteiger partial charge in [-0.15, -0.1) is 0 Å². The Morgan fingerprint density at radius 3 is 2.84 bits per heavy atom. The Labute approximate surface area is 111 Å². The monoisotopic (exact) mass is 259 g/mol. The van der Waals surface area contributed by atoms with Crippen LogP contribution in [0.15, 0.2) is 35.3 Å². The molecule has 6 nitrogen and oxygen atoms in total. The molecular formula is C13H17N5O. The fraction of sp³-hybridized carbons (Fsp3) is 0.308. The van der Waals surface area contributed by atoms with Crippen molar-refractivity contribution in [3.63, 3.8) is 0 Å². The van der Waals surface area contributed by atoms with Gasteiger partial charge in [0.1, 0.15) is 5.82 Å². The molecular weight excluding hydrogens is 242 g/mol. The Hall–Kier alpha value is -2.37. The summed E-state index contributed by atoms with van der Waals surface area (Å²) in [5, 5.41) is 4.15. The Morgan fingerprint density at radius 1 is 1.42 bits per heavy atom. The predicted octanol–water partition coefficient (Wildman–Crippen LogP) is 0.725. The number of pyridine rings is 1. The molecule has 100 valence electrons. The maximum Gasteiger partial charge on any atom is 0.269 e. The highest BCUT2D eigenvalue weighted by Crippen LogP contribution is 2.06. The first-order valence-corrected chi connectivity index (χ1v) is 6.10. The van der Waals surface area contributed by atoms with Gasteiger partial charge in [0, 0.05) is 19.7 Å². The number of nitrogens with zero attached hydrogens (tertiary/aromatic N) is 4. The van der Waals surface area contributed by atoms with E-state index >= 15 is 0 Å². The van der Waals surface area contributed by atoms with E-state index in [9.17, 15) is 4.79 Å². The summed E-state index contributed by atoms with van der Waals surface area (Å²) in [5.41, 5.74) is 6.98. The van der Waals surface area contributed by atoms with Crippen LogP contribution in [0.4, 0.5) is 11.5 Å². The zero-order chi connectivity index (χ0) is 13.8. The zero-order valence-electron chi connectivity index (χ0n) is 11.1. The third kappa shape index (κ3) is 3.09. The molecule has 2 rings (SSSR count). The lowest BCUT2D eigenvalue weighted by atomic mass is 10.3. The number of rotatable bonds is 4. The van der Waals surface area contributed by atoms with Crippen molar-refractivity contribution in [2.24, 2.45) is 0 Å². The lowest BCUT2D eigenvalue weighted by Gasteiger charge is -2.16. The molecule has 0 spiro atoms. The van der Waals surface area contributed by atoms with Crippen LogP contribution in [-0.4, -0.2) is 28.4 Å². The SMILES string of the molecule is CCN(C)c1cnn(Cc2cccc(N)n2)c(=O)c1. The van der Waals surface area contributed by atoms with Gasteiger partial charge in [-0.05, 0) is 19.1 Å². The lowest BCUT2D eigenvalue weighted by molar-refractivity contribution is 0.627. The minimum Gasteiger partial charge on any atom is -0.384 e. The highest BCUT2D eigenvalue weighted by molar-refractivity contribution is 5.41. The fourth-order valence-corrected chi connectivity index (χ4v) is 1.67. The van der Waals surface area contributed by atoms with E-state index < -0.39 is 0 Å². The lowest BCUT2D eigenvalue weighted by Crippen LogP contribution is -2.26. The van der Waals surface area contributed by atoms with Gasteiger partial charge < -0.3 is 10.6 Å². The summed E-state index contributed by atoms with van der Waals surface area (Å²) in [6.07, 6.45) is 1.68. The number of nitrogens with two attached hydrogens (primary N) is 1. The second-order valence-corrected chi connectivity index (χ2v) is 4.28. The number of hydrogen-bond donors (Lipinski definition) is 1. The average molecular weight is 259 g/mol. The van der Waals surface area contributed by atoms with Gasteiger partial charge in [-0.25, -0.2) is 9.67 Å². The van der Waals surface area contributed by atoms with Crippen molar-refractivity contribution in [3.8, 4) is 0 Å². The van der Waals surface area contributed by atoms with Crippen molar-refractivity contribution in [3.05, 3.63) is 46.5 Å². The normalized spacial score (nSPS) is 10.4. The van der Waals surface area contributed by atoms with Crippen LogP contribution in [0.3, 0.4) is 0 Å². The third-order valence-electron chi connectivity index (χ3n) is 2.91. The van der Waals surface area contributed by atoms with Crippen molar-refractivity contribution >= 4 is 11.5 Å². The average Bonchev–Trinajstić information content (AvgIpc) is 2.40. The van der Waals surface area contributed by atoms with E-state index in [4.69, 9.17) is 5.73 Å². The Morgan fingerprint density at radius 2 is 2.21 bits per heavy atom. The van der Waals surface area contributed by atoms with Crippen LogP contribution in [0.1, 0.15) is 12.6 Å². The van der Waals surface area contributed by atoms with E-state index in [1.807, 2.05) is 31.0 Å². The molecule has 0 aliphatic carbocycles. The maximum absolute atomic E-state index is 12.0. The molecule has 0 unspecified atom stereocenters. The number of aromatic nitrogens is 3. The zero-order valence-corrected chi connectivity index (χ0v) is 11.1.